The smallest absolute Gasteiger partial charge is 0.294 e. The van der Waals surface area contributed by atoms with Gasteiger partial charge in [-0.25, -0.2) is 0 Å². The van der Waals surface area contributed by atoms with Gasteiger partial charge in [-0.05, 0) is 18.6 Å². The Morgan fingerprint density at radius 1 is 1.75 bits per heavy atom. The van der Waals surface area contributed by atoms with Gasteiger partial charge in [0.05, 0.1) is 0 Å². The Labute approximate surface area is 52.6 Å². The fraction of sp³-hybridized carbons (Fsp3) is 0.800. The van der Waals surface area contributed by atoms with Gasteiger partial charge in [0.1, 0.15) is 5.44 Å². The van der Waals surface area contributed by atoms with E-state index in [1.165, 1.54) is 6.42 Å². The largest absolute Gasteiger partial charge is 0.453 e. The lowest BCUT2D eigenvalue weighted by atomic mass is 10.4. The van der Waals surface area contributed by atoms with Crippen LogP contribution in [0.3, 0.4) is 0 Å². The van der Waals surface area contributed by atoms with Gasteiger partial charge in [0, 0.05) is 0 Å². The molecule has 0 bridgehead atoms. The lowest BCUT2D eigenvalue weighted by Gasteiger charge is -2.02. The van der Waals surface area contributed by atoms with Crippen LogP contribution in [0.4, 0.5) is 0 Å². The highest BCUT2D eigenvalue weighted by Crippen LogP contribution is 2.25. The Kier molecular flexibility index (Phi) is 2.21. The van der Waals surface area contributed by atoms with E-state index in [2.05, 4.69) is 4.74 Å². The second-order valence-electron chi connectivity index (χ2n) is 1.67. The van der Waals surface area contributed by atoms with Crippen LogP contribution in [0.1, 0.15) is 12.8 Å². The van der Waals surface area contributed by atoms with Crippen molar-refractivity contribution in [3.05, 3.63) is 0 Å². The average molecular weight is 132 g/mol. The molecule has 0 aromatic heterocycles. The van der Waals surface area contributed by atoms with E-state index in [1.54, 1.807) is 11.8 Å². The first kappa shape index (κ1) is 5.95. The van der Waals surface area contributed by atoms with Crippen molar-refractivity contribution in [1.82, 2.24) is 0 Å². The first-order valence-corrected chi connectivity index (χ1v) is 3.69. The molecule has 0 aromatic carbocycles. The van der Waals surface area contributed by atoms with Crippen molar-refractivity contribution in [2.45, 2.75) is 18.3 Å². The molecule has 8 heavy (non-hydrogen) atoms. The second kappa shape index (κ2) is 2.97. The SMILES string of the molecule is O=COC1CCCS1. The molecule has 0 N–H and O–H groups in total. The molecule has 0 radical (unpaired) electrons. The molecule has 1 rings (SSSR count). The summed E-state index contributed by atoms with van der Waals surface area (Å²) in [6.45, 7) is 0.531. The van der Waals surface area contributed by atoms with Gasteiger partial charge in [0.2, 0.25) is 0 Å². The molecule has 2 nitrogen and oxygen atoms in total. The summed E-state index contributed by atoms with van der Waals surface area (Å²) in [4.78, 5) is 9.73. The minimum absolute atomic E-state index is 0.160. The fourth-order valence-electron chi connectivity index (χ4n) is 0.717. The normalized spacial score (nSPS) is 27.8. The summed E-state index contributed by atoms with van der Waals surface area (Å²) in [6.07, 6.45) is 2.21. The van der Waals surface area contributed by atoms with E-state index in [0.717, 1.165) is 12.2 Å². The molecule has 1 saturated heterocycles. The van der Waals surface area contributed by atoms with Crippen LogP contribution in [0.25, 0.3) is 0 Å². The molecule has 1 atom stereocenters. The van der Waals surface area contributed by atoms with Gasteiger partial charge < -0.3 is 4.74 Å². The summed E-state index contributed by atoms with van der Waals surface area (Å²) in [5, 5.41) is 0. The highest BCUT2D eigenvalue weighted by atomic mass is 32.2. The van der Waals surface area contributed by atoms with E-state index in [-0.39, 0.29) is 5.44 Å². The molecule has 0 amide bonds. The van der Waals surface area contributed by atoms with Crippen LogP contribution in [0.2, 0.25) is 0 Å². The Bertz CT molecular complexity index is 78.5. The molecule has 1 aliphatic heterocycles. The van der Waals surface area contributed by atoms with E-state index in [9.17, 15) is 4.79 Å². The van der Waals surface area contributed by atoms with E-state index < -0.39 is 0 Å². The third kappa shape index (κ3) is 1.40. The van der Waals surface area contributed by atoms with Crippen molar-refractivity contribution in [3.8, 4) is 0 Å². The Morgan fingerprint density at radius 3 is 3.12 bits per heavy atom. The zero-order chi connectivity index (χ0) is 5.82. The lowest BCUT2D eigenvalue weighted by molar-refractivity contribution is -0.129. The van der Waals surface area contributed by atoms with E-state index in [1.807, 2.05) is 0 Å². The van der Waals surface area contributed by atoms with Crippen LogP contribution >= 0.6 is 11.8 Å². The number of hydrogen-bond acceptors (Lipinski definition) is 3. The molecule has 1 heterocycles. The Morgan fingerprint density at radius 2 is 2.62 bits per heavy atom. The van der Waals surface area contributed by atoms with E-state index in [4.69, 9.17) is 0 Å². The molecule has 1 fully saturated rings. The van der Waals surface area contributed by atoms with E-state index >= 15 is 0 Å². The molecule has 0 spiro atoms. The number of rotatable bonds is 2. The van der Waals surface area contributed by atoms with Gasteiger partial charge in [0.15, 0.2) is 0 Å². The Balaban J connectivity index is 2.14. The van der Waals surface area contributed by atoms with Crippen LogP contribution in [-0.2, 0) is 9.53 Å². The second-order valence-corrected chi connectivity index (χ2v) is 2.94. The maximum absolute atomic E-state index is 9.73. The van der Waals surface area contributed by atoms with Crippen LogP contribution in [0.15, 0.2) is 0 Å². The van der Waals surface area contributed by atoms with Gasteiger partial charge in [-0.15, -0.1) is 11.8 Å². The van der Waals surface area contributed by atoms with Gasteiger partial charge in [0.25, 0.3) is 6.47 Å². The third-order valence-electron chi connectivity index (χ3n) is 1.10. The molecule has 0 saturated carbocycles. The number of carbonyl (C=O) groups excluding carboxylic acids is 1. The van der Waals surface area contributed by atoms with Crippen LogP contribution < -0.4 is 0 Å². The van der Waals surface area contributed by atoms with Gasteiger partial charge in [-0.3, -0.25) is 4.79 Å². The van der Waals surface area contributed by atoms with Crippen LogP contribution in [0.5, 0.6) is 0 Å². The molecule has 1 aliphatic rings. The Hall–Kier alpha value is -0.180. The summed E-state index contributed by atoms with van der Waals surface area (Å²) in [6, 6.07) is 0. The molecule has 0 aliphatic carbocycles. The minimum Gasteiger partial charge on any atom is -0.453 e. The number of ether oxygens (including phenoxy) is 1. The number of carbonyl (C=O) groups is 1. The van der Waals surface area contributed by atoms with Crippen molar-refractivity contribution in [2.24, 2.45) is 0 Å². The molecule has 1 unspecified atom stereocenters. The summed E-state index contributed by atoms with van der Waals surface area (Å²) < 4.78 is 4.69. The van der Waals surface area contributed by atoms with Crippen LogP contribution in [0, 0.1) is 0 Å². The van der Waals surface area contributed by atoms with Gasteiger partial charge >= 0.3 is 0 Å². The quantitative estimate of drug-likeness (QED) is 0.524. The maximum Gasteiger partial charge on any atom is 0.294 e. The third-order valence-corrected chi connectivity index (χ3v) is 2.34. The van der Waals surface area contributed by atoms with Crippen molar-refractivity contribution in [3.63, 3.8) is 0 Å². The monoisotopic (exact) mass is 132 g/mol. The van der Waals surface area contributed by atoms with Crippen molar-refractivity contribution in [2.75, 3.05) is 5.75 Å². The average Bonchev–Trinajstić information content (AvgIpc) is 2.19. The summed E-state index contributed by atoms with van der Waals surface area (Å²) >= 11 is 1.71. The molecular weight excluding hydrogens is 124 g/mol. The zero-order valence-corrected chi connectivity index (χ0v) is 5.32. The highest BCUT2D eigenvalue weighted by molar-refractivity contribution is 8.00. The topological polar surface area (TPSA) is 26.3 Å². The number of thioether (sulfide) groups is 1. The molecular formula is C5H8O2S. The molecule has 46 valence electrons. The summed E-state index contributed by atoms with van der Waals surface area (Å²) in [5.74, 6) is 1.14. The zero-order valence-electron chi connectivity index (χ0n) is 4.50. The summed E-state index contributed by atoms with van der Waals surface area (Å²) in [7, 11) is 0. The van der Waals surface area contributed by atoms with Crippen molar-refractivity contribution >= 4 is 18.2 Å². The highest BCUT2D eigenvalue weighted by Gasteiger charge is 2.14. The maximum atomic E-state index is 9.73. The molecule has 0 aromatic rings. The van der Waals surface area contributed by atoms with Gasteiger partial charge in [-0.2, -0.15) is 0 Å². The van der Waals surface area contributed by atoms with Crippen LogP contribution in [-0.4, -0.2) is 17.7 Å². The van der Waals surface area contributed by atoms with Crippen molar-refractivity contribution < 1.29 is 9.53 Å². The standard InChI is InChI=1S/C5H8O2S/c6-4-7-5-2-1-3-8-5/h4-5H,1-3H2. The first-order valence-electron chi connectivity index (χ1n) is 2.64. The van der Waals surface area contributed by atoms with Gasteiger partial charge in [-0.1, -0.05) is 0 Å². The van der Waals surface area contributed by atoms with Crippen molar-refractivity contribution in [1.29, 1.82) is 0 Å². The molecule has 3 heteroatoms. The predicted octanol–water partition coefficient (Wildman–Crippen LogP) is 1.01. The fourth-order valence-corrected chi connectivity index (χ4v) is 1.77. The van der Waals surface area contributed by atoms with E-state index in [0.29, 0.717) is 6.47 Å². The number of hydrogen-bond donors (Lipinski definition) is 0. The first-order chi connectivity index (χ1) is 3.93. The minimum atomic E-state index is 0.160. The summed E-state index contributed by atoms with van der Waals surface area (Å²) in [5.41, 5.74) is 0.160. The predicted molar refractivity (Wildman–Crippen MR) is 32.6 cm³/mol. The lowest BCUT2D eigenvalue weighted by Crippen LogP contribution is -2.00.